The zero-order valence-electron chi connectivity index (χ0n) is 16.7. The lowest BCUT2D eigenvalue weighted by Gasteiger charge is -2.12. The summed E-state index contributed by atoms with van der Waals surface area (Å²) < 4.78 is 0.859. The van der Waals surface area contributed by atoms with Gasteiger partial charge in [0.15, 0.2) is 5.78 Å². The first kappa shape index (κ1) is 20.0. The van der Waals surface area contributed by atoms with E-state index in [1.807, 2.05) is 66.7 Å². The van der Waals surface area contributed by atoms with Crippen LogP contribution in [0.4, 0.5) is 0 Å². The van der Waals surface area contributed by atoms with E-state index in [1.54, 1.807) is 18.5 Å². The fraction of sp³-hybridized carbons (Fsp3) is 0. The molecule has 0 saturated heterocycles. The lowest BCUT2D eigenvalue weighted by atomic mass is 9.94. The molecule has 2 aromatic heterocycles. The number of carbonyl (C=O) groups excluding carboxylic acids is 1. The summed E-state index contributed by atoms with van der Waals surface area (Å²) in [6.45, 7) is 0. The van der Waals surface area contributed by atoms with Crippen LogP contribution in [0.25, 0.3) is 39.1 Å². The van der Waals surface area contributed by atoms with Gasteiger partial charge < -0.3 is 4.98 Å². The highest BCUT2D eigenvalue weighted by molar-refractivity contribution is 9.10. The Morgan fingerprint density at radius 2 is 1.75 bits per heavy atom. The fourth-order valence-corrected chi connectivity index (χ4v) is 4.16. The third kappa shape index (κ3) is 3.65. The number of para-hydroxylation sites is 1. The van der Waals surface area contributed by atoms with Gasteiger partial charge in [0.2, 0.25) is 0 Å². The van der Waals surface area contributed by atoms with Crippen molar-refractivity contribution < 1.29 is 4.79 Å². The summed E-state index contributed by atoms with van der Waals surface area (Å²) in [4.78, 5) is 37.9. The molecular formula is C26H16BrN3O2. The number of hydrogen-bond acceptors (Lipinski definition) is 4. The summed E-state index contributed by atoms with van der Waals surface area (Å²) in [7, 11) is 0. The maximum absolute atomic E-state index is 13.3. The Hall–Kier alpha value is -3.90. The molecule has 0 aliphatic heterocycles. The largest absolute Gasteiger partial charge is 0.321 e. The molecule has 0 spiro atoms. The van der Waals surface area contributed by atoms with Gasteiger partial charge in [0.05, 0.1) is 16.6 Å². The van der Waals surface area contributed by atoms with Gasteiger partial charge in [-0.2, -0.15) is 0 Å². The third-order valence-electron chi connectivity index (χ3n) is 5.23. The average molecular weight is 482 g/mol. The molecular weight excluding hydrogens is 466 g/mol. The van der Waals surface area contributed by atoms with Gasteiger partial charge in [-0.3, -0.25) is 19.6 Å². The second kappa shape index (κ2) is 8.32. The van der Waals surface area contributed by atoms with E-state index in [2.05, 4.69) is 30.9 Å². The Morgan fingerprint density at radius 3 is 2.59 bits per heavy atom. The molecule has 5 nitrogen and oxygen atoms in total. The Bertz CT molecular complexity index is 1570. The first-order valence-electron chi connectivity index (χ1n) is 9.95. The number of pyridine rings is 1. The summed E-state index contributed by atoms with van der Waals surface area (Å²) in [6.07, 6.45) is 6.34. The van der Waals surface area contributed by atoms with E-state index >= 15 is 0 Å². The van der Waals surface area contributed by atoms with Crippen molar-refractivity contribution >= 4 is 49.7 Å². The van der Waals surface area contributed by atoms with E-state index in [4.69, 9.17) is 0 Å². The summed E-state index contributed by atoms with van der Waals surface area (Å²) in [5.41, 5.74) is 3.94. The number of rotatable bonds is 4. The van der Waals surface area contributed by atoms with Gasteiger partial charge >= 0.3 is 0 Å². The number of fused-ring (bicyclic) bond motifs is 2. The smallest absolute Gasteiger partial charge is 0.260 e. The summed E-state index contributed by atoms with van der Waals surface area (Å²) in [6, 6.07) is 20.6. The van der Waals surface area contributed by atoms with Crippen LogP contribution in [-0.2, 0) is 0 Å². The lowest BCUT2D eigenvalue weighted by molar-refractivity contribution is 0.104. The van der Waals surface area contributed by atoms with Gasteiger partial charge in [0.1, 0.15) is 0 Å². The first-order chi connectivity index (χ1) is 15.6. The quantitative estimate of drug-likeness (QED) is 0.260. The minimum atomic E-state index is -0.425. The number of aromatic nitrogens is 3. The molecule has 6 heteroatoms. The van der Waals surface area contributed by atoms with E-state index in [9.17, 15) is 9.59 Å². The van der Waals surface area contributed by atoms with Crippen molar-refractivity contribution in [2.45, 2.75) is 0 Å². The molecule has 0 amide bonds. The molecule has 32 heavy (non-hydrogen) atoms. The molecule has 0 aliphatic carbocycles. The first-order valence-corrected chi connectivity index (χ1v) is 10.7. The number of allylic oxidation sites excluding steroid dienone is 1. The zero-order chi connectivity index (χ0) is 22.1. The molecule has 5 rings (SSSR count). The predicted octanol–water partition coefficient (Wildman–Crippen LogP) is 5.80. The summed E-state index contributed by atoms with van der Waals surface area (Å²) in [5, 5.41) is 0.790. The molecule has 5 aromatic rings. The van der Waals surface area contributed by atoms with Crippen molar-refractivity contribution in [3.05, 3.63) is 111 Å². The van der Waals surface area contributed by atoms with Crippen LogP contribution >= 0.6 is 15.9 Å². The molecule has 0 radical (unpaired) electrons. The summed E-state index contributed by atoms with van der Waals surface area (Å²) in [5.74, 6) is -0.382. The monoisotopic (exact) mass is 481 g/mol. The highest BCUT2D eigenvalue weighted by Gasteiger charge is 2.19. The average Bonchev–Trinajstić information content (AvgIpc) is 2.82. The third-order valence-corrected chi connectivity index (χ3v) is 5.72. The van der Waals surface area contributed by atoms with Crippen molar-refractivity contribution in [2.75, 3.05) is 0 Å². The van der Waals surface area contributed by atoms with Crippen LogP contribution < -0.4 is 5.56 Å². The number of ketones is 1. The highest BCUT2D eigenvalue weighted by Crippen LogP contribution is 2.31. The van der Waals surface area contributed by atoms with Crippen LogP contribution in [0.5, 0.6) is 0 Å². The zero-order valence-corrected chi connectivity index (χ0v) is 18.3. The SMILES string of the molecule is O=C(/C=C/c1cccc2nccnc12)c1c(-c2ccccc2)c2cc(Br)ccc2[nH]c1=O. The highest BCUT2D eigenvalue weighted by atomic mass is 79.9. The van der Waals surface area contributed by atoms with Crippen LogP contribution in [0.3, 0.4) is 0 Å². The number of nitrogens with one attached hydrogen (secondary N) is 1. The maximum atomic E-state index is 13.3. The van der Waals surface area contributed by atoms with Gasteiger partial charge in [-0.05, 0) is 42.0 Å². The second-order valence-corrected chi connectivity index (χ2v) is 8.14. The molecule has 0 unspecified atom stereocenters. The standard InChI is InChI=1S/C26H16BrN3O2/c27-18-10-11-20-19(15-18)23(16-5-2-1-3-6-16)24(26(32)30-20)22(31)12-9-17-7-4-8-21-25(17)29-14-13-28-21/h1-15H,(H,30,32)/b12-9+. The summed E-state index contributed by atoms with van der Waals surface area (Å²) >= 11 is 3.50. The Balaban J connectivity index is 1.70. The van der Waals surface area contributed by atoms with Gasteiger partial charge in [0, 0.05) is 38.9 Å². The molecule has 0 atom stereocenters. The van der Waals surface area contributed by atoms with Gasteiger partial charge in [-0.25, -0.2) is 0 Å². The number of nitrogens with zero attached hydrogens (tertiary/aromatic N) is 2. The molecule has 0 aliphatic rings. The number of carbonyl (C=O) groups is 1. The van der Waals surface area contributed by atoms with Gasteiger partial charge in [-0.15, -0.1) is 0 Å². The minimum absolute atomic E-state index is 0.101. The van der Waals surface area contributed by atoms with Crippen LogP contribution in [0.1, 0.15) is 15.9 Å². The number of aromatic amines is 1. The van der Waals surface area contributed by atoms with E-state index < -0.39 is 5.56 Å². The Morgan fingerprint density at radius 1 is 0.938 bits per heavy atom. The molecule has 3 aromatic carbocycles. The Labute approximate surface area is 191 Å². The van der Waals surface area contributed by atoms with Crippen LogP contribution in [0.15, 0.2) is 94.5 Å². The molecule has 2 heterocycles. The maximum Gasteiger partial charge on any atom is 0.260 e. The predicted molar refractivity (Wildman–Crippen MR) is 131 cm³/mol. The number of halogens is 1. The fourth-order valence-electron chi connectivity index (χ4n) is 3.80. The van der Waals surface area contributed by atoms with Crippen molar-refractivity contribution in [3.8, 4) is 11.1 Å². The number of hydrogen-bond donors (Lipinski definition) is 1. The van der Waals surface area contributed by atoms with E-state index in [0.29, 0.717) is 16.6 Å². The molecule has 0 saturated carbocycles. The normalized spacial score (nSPS) is 11.4. The van der Waals surface area contributed by atoms with Crippen LogP contribution in [-0.4, -0.2) is 20.7 Å². The van der Waals surface area contributed by atoms with Crippen molar-refractivity contribution in [2.24, 2.45) is 0 Å². The lowest BCUT2D eigenvalue weighted by Crippen LogP contribution is -2.18. The minimum Gasteiger partial charge on any atom is -0.321 e. The van der Waals surface area contributed by atoms with Gasteiger partial charge in [-0.1, -0.05) is 58.4 Å². The van der Waals surface area contributed by atoms with Crippen molar-refractivity contribution in [1.82, 2.24) is 15.0 Å². The number of H-pyrrole nitrogens is 1. The van der Waals surface area contributed by atoms with Crippen molar-refractivity contribution in [1.29, 1.82) is 0 Å². The van der Waals surface area contributed by atoms with E-state index in [-0.39, 0.29) is 11.3 Å². The molecule has 1 N–H and O–H groups in total. The topological polar surface area (TPSA) is 75.7 Å². The Kier molecular flexibility index (Phi) is 5.21. The second-order valence-electron chi connectivity index (χ2n) is 7.23. The van der Waals surface area contributed by atoms with Gasteiger partial charge in [0.25, 0.3) is 5.56 Å². The van der Waals surface area contributed by atoms with E-state index in [1.165, 1.54) is 6.08 Å². The molecule has 0 fully saturated rings. The van der Waals surface area contributed by atoms with E-state index in [0.717, 1.165) is 26.5 Å². The van der Waals surface area contributed by atoms with Crippen LogP contribution in [0.2, 0.25) is 0 Å². The number of benzene rings is 3. The van der Waals surface area contributed by atoms with Crippen LogP contribution in [0, 0.1) is 0 Å². The molecule has 0 bridgehead atoms. The molecule has 154 valence electrons. The van der Waals surface area contributed by atoms with Crippen molar-refractivity contribution in [3.63, 3.8) is 0 Å².